The van der Waals surface area contributed by atoms with E-state index in [-0.39, 0.29) is 24.2 Å². The first-order chi connectivity index (χ1) is 10.3. The van der Waals surface area contributed by atoms with Gasteiger partial charge in [0.2, 0.25) is 5.91 Å². The molecule has 5 nitrogen and oxygen atoms in total. The van der Waals surface area contributed by atoms with Gasteiger partial charge >= 0.3 is 0 Å². The molecular formula is C16H22N2O3. The van der Waals surface area contributed by atoms with Crippen LogP contribution in [0.25, 0.3) is 0 Å². The first-order valence-electron chi connectivity index (χ1n) is 7.72. The minimum absolute atomic E-state index is 0.0337. The van der Waals surface area contributed by atoms with Gasteiger partial charge in [-0.2, -0.15) is 0 Å². The van der Waals surface area contributed by atoms with Gasteiger partial charge in [0.1, 0.15) is 6.10 Å². The second kappa shape index (κ2) is 6.54. The van der Waals surface area contributed by atoms with Gasteiger partial charge in [-0.15, -0.1) is 0 Å². The highest BCUT2D eigenvalue weighted by atomic mass is 16.5. The highest BCUT2D eigenvalue weighted by molar-refractivity contribution is 5.79. The van der Waals surface area contributed by atoms with Crippen molar-refractivity contribution in [3.8, 4) is 0 Å². The summed E-state index contributed by atoms with van der Waals surface area (Å²) in [6, 6.07) is 5.83. The molecule has 1 aliphatic carbocycles. The Morgan fingerprint density at radius 3 is 3.14 bits per heavy atom. The van der Waals surface area contributed by atoms with Crippen molar-refractivity contribution in [1.29, 1.82) is 0 Å². The van der Waals surface area contributed by atoms with Crippen LogP contribution in [-0.2, 0) is 20.7 Å². The molecule has 0 N–H and O–H groups in total. The normalized spacial score (nSPS) is 28.4. The van der Waals surface area contributed by atoms with E-state index in [1.165, 1.54) is 0 Å². The van der Waals surface area contributed by atoms with Crippen LogP contribution in [-0.4, -0.2) is 53.8 Å². The monoisotopic (exact) mass is 290 g/mol. The third kappa shape index (κ3) is 3.09. The van der Waals surface area contributed by atoms with Gasteiger partial charge in [-0.3, -0.25) is 9.78 Å². The summed E-state index contributed by atoms with van der Waals surface area (Å²) in [5, 5.41) is 0. The first-order valence-corrected chi connectivity index (χ1v) is 7.72. The van der Waals surface area contributed by atoms with Gasteiger partial charge in [0.15, 0.2) is 0 Å². The maximum Gasteiger partial charge on any atom is 0.229 e. The van der Waals surface area contributed by atoms with Crippen molar-refractivity contribution in [3.05, 3.63) is 30.1 Å². The van der Waals surface area contributed by atoms with Crippen LogP contribution < -0.4 is 0 Å². The molecule has 1 aromatic heterocycles. The molecule has 2 heterocycles. The SMILES string of the molecule is CCO[C@@H]1CC[C@@H]2[C@H]1OCCN2C(=O)Cc1ccccn1. The molecule has 0 aromatic carbocycles. The summed E-state index contributed by atoms with van der Waals surface area (Å²) in [7, 11) is 0. The Bertz CT molecular complexity index is 480. The van der Waals surface area contributed by atoms with Crippen LogP contribution >= 0.6 is 0 Å². The number of fused-ring (bicyclic) bond motifs is 1. The molecule has 1 saturated heterocycles. The Labute approximate surface area is 125 Å². The van der Waals surface area contributed by atoms with Crippen LogP contribution in [0.1, 0.15) is 25.5 Å². The van der Waals surface area contributed by atoms with Crippen LogP contribution in [0.15, 0.2) is 24.4 Å². The molecule has 3 rings (SSSR count). The Hall–Kier alpha value is -1.46. The van der Waals surface area contributed by atoms with Crippen LogP contribution in [0.5, 0.6) is 0 Å². The molecule has 1 aromatic rings. The Morgan fingerprint density at radius 2 is 2.38 bits per heavy atom. The van der Waals surface area contributed by atoms with Crippen molar-refractivity contribution in [3.63, 3.8) is 0 Å². The van der Waals surface area contributed by atoms with Gasteiger partial charge in [-0.05, 0) is 31.9 Å². The lowest BCUT2D eigenvalue weighted by molar-refractivity contribution is -0.150. The molecule has 1 amide bonds. The summed E-state index contributed by atoms with van der Waals surface area (Å²) in [5.41, 5.74) is 0.824. The van der Waals surface area contributed by atoms with Crippen LogP contribution in [0.4, 0.5) is 0 Å². The van der Waals surface area contributed by atoms with E-state index in [1.54, 1.807) is 6.20 Å². The minimum atomic E-state index is 0.0337. The second-order valence-corrected chi connectivity index (χ2v) is 5.56. The van der Waals surface area contributed by atoms with Gasteiger partial charge in [0.25, 0.3) is 0 Å². The number of carbonyl (C=O) groups excluding carboxylic acids is 1. The fourth-order valence-electron chi connectivity index (χ4n) is 3.38. The molecule has 21 heavy (non-hydrogen) atoms. The number of amides is 1. The fraction of sp³-hybridized carbons (Fsp3) is 0.625. The number of morpholine rings is 1. The average Bonchev–Trinajstić information content (AvgIpc) is 2.92. The van der Waals surface area contributed by atoms with Gasteiger partial charge in [-0.1, -0.05) is 6.07 Å². The van der Waals surface area contributed by atoms with E-state index in [9.17, 15) is 4.79 Å². The lowest BCUT2D eigenvalue weighted by atomic mass is 10.1. The maximum absolute atomic E-state index is 12.6. The summed E-state index contributed by atoms with van der Waals surface area (Å²) < 4.78 is 11.6. The lowest BCUT2D eigenvalue weighted by Crippen LogP contribution is -2.54. The zero-order valence-corrected chi connectivity index (χ0v) is 12.4. The highest BCUT2D eigenvalue weighted by Gasteiger charge is 2.44. The van der Waals surface area contributed by atoms with E-state index in [1.807, 2.05) is 30.0 Å². The quantitative estimate of drug-likeness (QED) is 0.841. The number of pyridine rings is 1. The summed E-state index contributed by atoms with van der Waals surface area (Å²) in [6.07, 6.45) is 4.19. The summed E-state index contributed by atoms with van der Waals surface area (Å²) >= 11 is 0. The van der Waals surface area contributed by atoms with E-state index in [0.29, 0.717) is 26.2 Å². The molecule has 2 aliphatic rings. The standard InChI is InChI=1S/C16H22N2O3/c1-2-20-14-7-6-13-16(14)21-10-9-18(13)15(19)11-12-5-3-4-8-17-12/h3-5,8,13-14,16H,2,6-7,9-11H2,1H3/t13-,14-,16-/m1/s1. The maximum atomic E-state index is 12.6. The molecule has 1 saturated carbocycles. The smallest absolute Gasteiger partial charge is 0.229 e. The number of nitrogens with zero attached hydrogens (tertiary/aromatic N) is 2. The van der Waals surface area contributed by atoms with Crippen molar-refractivity contribution in [2.45, 2.75) is 44.4 Å². The Balaban J connectivity index is 1.66. The number of aromatic nitrogens is 1. The molecule has 2 fully saturated rings. The van der Waals surface area contributed by atoms with Crippen molar-refractivity contribution < 1.29 is 14.3 Å². The number of rotatable bonds is 4. The number of hydrogen-bond donors (Lipinski definition) is 0. The van der Waals surface area contributed by atoms with Crippen molar-refractivity contribution >= 4 is 5.91 Å². The van der Waals surface area contributed by atoms with Crippen LogP contribution in [0.3, 0.4) is 0 Å². The third-order valence-corrected chi connectivity index (χ3v) is 4.30. The largest absolute Gasteiger partial charge is 0.376 e. The van der Waals surface area contributed by atoms with Crippen molar-refractivity contribution in [2.75, 3.05) is 19.8 Å². The molecule has 114 valence electrons. The summed E-state index contributed by atoms with van der Waals surface area (Å²) in [5.74, 6) is 0.143. The average molecular weight is 290 g/mol. The van der Waals surface area contributed by atoms with Gasteiger partial charge in [-0.25, -0.2) is 0 Å². The number of ether oxygens (including phenoxy) is 2. The van der Waals surface area contributed by atoms with E-state index in [2.05, 4.69) is 4.98 Å². The highest BCUT2D eigenvalue weighted by Crippen LogP contribution is 2.32. The summed E-state index contributed by atoms with van der Waals surface area (Å²) in [4.78, 5) is 18.8. The Morgan fingerprint density at radius 1 is 1.48 bits per heavy atom. The van der Waals surface area contributed by atoms with Crippen LogP contribution in [0, 0.1) is 0 Å². The van der Waals surface area contributed by atoms with E-state index < -0.39 is 0 Å². The molecule has 5 heteroatoms. The lowest BCUT2D eigenvalue weighted by Gasteiger charge is -2.39. The van der Waals surface area contributed by atoms with Crippen molar-refractivity contribution in [2.24, 2.45) is 0 Å². The predicted molar refractivity (Wildman–Crippen MR) is 77.8 cm³/mol. The van der Waals surface area contributed by atoms with E-state index >= 15 is 0 Å². The number of carbonyl (C=O) groups is 1. The van der Waals surface area contributed by atoms with E-state index in [0.717, 1.165) is 18.5 Å². The Kier molecular flexibility index (Phi) is 4.51. The topological polar surface area (TPSA) is 51.7 Å². The third-order valence-electron chi connectivity index (χ3n) is 4.30. The molecular weight excluding hydrogens is 268 g/mol. The molecule has 0 radical (unpaired) electrons. The molecule has 0 bridgehead atoms. The molecule has 3 atom stereocenters. The summed E-state index contributed by atoms with van der Waals surface area (Å²) in [6.45, 7) is 3.96. The van der Waals surface area contributed by atoms with Gasteiger partial charge in [0.05, 0.1) is 25.2 Å². The first kappa shape index (κ1) is 14.5. The van der Waals surface area contributed by atoms with Crippen molar-refractivity contribution in [1.82, 2.24) is 9.88 Å². The van der Waals surface area contributed by atoms with Gasteiger partial charge < -0.3 is 14.4 Å². The second-order valence-electron chi connectivity index (χ2n) is 5.56. The van der Waals surface area contributed by atoms with Crippen LogP contribution in [0.2, 0.25) is 0 Å². The minimum Gasteiger partial charge on any atom is -0.376 e. The zero-order chi connectivity index (χ0) is 14.7. The van der Waals surface area contributed by atoms with Gasteiger partial charge in [0, 0.05) is 25.0 Å². The zero-order valence-electron chi connectivity index (χ0n) is 12.4. The predicted octanol–water partition coefficient (Wildman–Crippen LogP) is 1.42. The molecule has 0 spiro atoms. The number of hydrogen-bond acceptors (Lipinski definition) is 4. The molecule has 1 aliphatic heterocycles. The fourth-order valence-corrected chi connectivity index (χ4v) is 3.38. The van der Waals surface area contributed by atoms with E-state index in [4.69, 9.17) is 9.47 Å². The molecule has 0 unspecified atom stereocenters.